The molecule has 1 aromatic heterocycles. The molecule has 0 spiro atoms. The molecule has 0 fully saturated rings. The lowest BCUT2D eigenvalue weighted by molar-refractivity contribution is 0.102. The fourth-order valence-electron chi connectivity index (χ4n) is 3.01. The molecular formula is C23H19NOS. The molecule has 0 atom stereocenters. The molecule has 0 aliphatic heterocycles. The first-order valence-electron chi connectivity index (χ1n) is 8.56. The number of hydrogen-bond donors (Lipinski definition) is 1. The summed E-state index contributed by atoms with van der Waals surface area (Å²) in [6, 6.07) is 22.4. The number of aryl methyl sites for hydroxylation is 2. The number of hydrogen-bond acceptors (Lipinski definition) is 2. The van der Waals surface area contributed by atoms with Crippen LogP contribution in [0.1, 0.15) is 21.5 Å². The number of anilines is 1. The van der Waals surface area contributed by atoms with E-state index in [9.17, 15) is 4.79 Å². The van der Waals surface area contributed by atoms with Crippen molar-refractivity contribution in [2.24, 2.45) is 0 Å². The SMILES string of the molecule is Cc1ccc(NC(=O)c2cc(-c3ccc(C)cc3)c3ccsc3c2)cc1. The standard InChI is InChI=1S/C23H19NOS/c1-15-3-7-17(8-4-15)21-13-18(14-22-20(21)11-12-26-22)23(25)24-19-9-5-16(2)6-10-19/h3-14H,1-2H3,(H,24,25). The van der Waals surface area contributed by atoms with Crippen LogP contribution in [0, 0.1) is 13.8 Å². The van der Waals surface area contributed by atoms with Gasteiger partial charge >= 0.3 is 0 Å². The van der Waals surface area contributed by atoms with Crippen LogP contribution < -0.4 is 5.32 Å². The summed E-state index contributed by atoms with van der Waals surface area (Å²) < 4.78 is 1.12. The van der Waals surface area contributed by atoms with Crippen molar-refractivity contribution in [2.45, 2.75) is 13.8 Å². The zero-order valence-electron chi connectivity index (χ0n) is 14.7. The number of carbonyl (C=O) groups excluding carboxylic acids is 1. The molecule has 3 aromatic carbocycles. The lowest BCUT2D eigenvalue weighted by atomic mass is 9.98. The summed E-state index contributed by atoms with van der Waals surface area (Å²) in [6.45, 7) is 4.11. The van der Waals surface area contributed by atoms with Crippen molar-refractivity contribution < 1.29 is 4.79 Å². The van der Waals surface area contributed by atoms with Crippen LogP contribution in [-0.4, -0.2) is 5.91 Å². The minimum Gasteiger partial charge on any atom is -0.322 e. The van der Waals surface area contributed by atoms with Crippen LogP contribution in [0.5, 0.6) is 0 Å². The summed E-state index contributed by atoms with van der Waals surface area (Å²) in [5.74, 6) is -0.0856. The molecule has 4 aromatic rings. The first-order valence-corrected chi connectivity index (χ1v) is 9.44. The summed E-state index contributed by atoms with van der Waals surface area (Å²) in [6.07, 6.45) is 0. The van der Waals surface area contributed by atoms with Gasteiger partial charge in [-0.3, -0.25) is 4.79 Å². The van der Waals surface area contributed by atoms with Crippen LogP contribution >= 0.6 is 11.3 Å². The average molecular weight is 357 g/mol. The highest BCUT2D eigenvalue weighted by Gasteiger charge is 2.13. The van der Waals surface area contributed by atoms with Gasteiger partial charge < -0.3 is 5.32 Å². The lowest BCUT2D eigenvalue weighted by Crippen LogP contribution is -2.11. The summed E-state index contributed by atoms with van der Waals surface area (Å²) in [4.78, 5) is 12.8. The topological polar surface area (TPSA) is 29.1 Å². The molecule has 26 heavy (non-hydrogen) atoms. The van der Waals surface area contributed by atoms with E-state index in [2.05, 4.69) is 48.0 Å². The second-order valence-electron chi connectivity index (χ2n) is 6.54. The Balaban J connectivity index is 1.74. The molecule has 3 heteroatoms. The number of amides is 1. The molecule has 1 amide bonds. The van der Waals surface area contributed by atoms with Gasteiger partial charge in [0.25, 0.3) is 5.91 Å². The predicted octanol–water partition coefficient (Wildman–Crippen LogP) is 6.44. The third-order valence-electron chi connectivity index (χ3n) is 4.51. The van der Waals surface area contributed by atoms with Crippen LogP contribution in [0.4, 0.5) is 5.69 Å². The number of nitrogens with one attached hydrogen (secondary N) is 1. The predicted molar refractivity (Wildman–Crippen MR) is 111 cm³/mol. The van der Waals surface area contributed by atoms with E-state index in [-0.39, 0.29) is 5.91 Å². The molecule has 128 valence electrons. The second-order valence-corrected chi connectivity index (χ2v) is 7.49. The van der Waals surface area contributed by atoms with Gasteiger partial charge in [0.15, 0.2) is 0 Å². The third-order valence-corrected chi connectivity index (χ3v) is 5.37. The van der Waals surface area contributed by atoms with Crippen LogP contribution in [0.25, 0.3) is 21.2 Å². The molecule has 1 heterocycles. The van der Waals surface area contributed by atoms with Gasteiger partial charge in [-0.1, -0.05) is 47.5 Å². The highest BCUT2D eigenvalue weighted by molar-refractivity contribution is 7.17. The van der Waals surface area contributed by atoms with Crippen molar-refractivity contribution in [3.63, 3.8) is 0 Å². The Labute approximate surface area is 157 Å². The number of benzene rings is 3. The normalized spacial score (nSPS) is 10.8. The summed E-state index contributed by atoms with van der Waals surface area (Å²) in [5.41, 5.74) is 6.11. The fraction of sp³-hybridized carbons (Fsp3) is 0.0870. The Kier molecular flexibility index (Phi) is 4.31. The van der Waals surface area contributed by atoms with Gasteiger partial charge in [-0.25, -0.2) is 0 Å². The van der Waals surface area contributed by atoms with Crippen LogP contribution in [0.2, 0.25) is 0 Å². The van der Waals surface area contributed by atoms with Crippen LogP contribution in [-0.2, 0) is 0 Å². The zero-order valence-corrected chi connectivity index (χ0v) is 15.6. The van der Waals surface area contributed by atoms with Crippen molar-refractivity contribution >= 4 is 33.0 Å². The van der Waals surface area contributed by atoms with Gasteiger partial charge in [-0.2, -0.15) is 0 Å². The molecule has 1 N–H and O–H groups in total. The number of rotatable bonds is 3. The minimum atomic E-state index is -0.0856. The molecule has 0 aliphatic rings. The Bertz CT molecular complexity index is 1080. The average Bonchev–Trinajstić information content (AvgIpc) is 3.12. The van der Waals surface area contributed by atoms with Crippen LogP contribution in [0.15, 0.2) is 72.1 Å². The van der Waals surface area contributed by atoms with E-state index in [1.165, 1.54) is 16.5 Å². The molecule has 4 rings (SSSR count). The zero-order chi connectivity index (χ0) is 18.1. The third kappa shape index (κ3) is 3.26. The van der Waals surface area contributed by atoms with E-state index >= 15 is 0 Å². The highest BCUT2D eigenvalue weighted by atomic mass is 32.1. The maximum atomic E-state index is 12.8. The lowest BCUT2D eigenvalue weighted by Gasteiger charge is -2.10. The van der Waals surface area contributed by atoms with E-state index in [0.717, 1.165) is 21.5 Å². The van der Waals surface area contributed by atoms with E-state index < -0.39 is 0 Å². The Morgan fingerprint density at radius 3 is 2.19 bits per heavy atom. The molecule has 0 bridgehead atoms. The number of fused-ring (bicyclic) bond motifs is 1. The van der Waals surface area contributed by atoms with Gasteiger partial charge in [0.2, 0.25) is 0 Å². The molecular weight excluding hydrogens is 338 g/mol. The first kappa shape index (κ1) is 16.6. The van der Waals surface area contributed by atoms with Crippen molar-refractivity contribution in [1.29, 1.82) is 0 Å². The maximum absolute atomic E-state index is 12.8. The number of carbonyl (C=O) groups is 1. The van der Waals surface area contributed by atoms with E-state index in [4.69, 9.17) is 0 Å². The molecule has 0 saturated carbocycles. The summed E-state index contributed by atoms with van der Waals surface area (Å²) in [7, 11) is 0. The fourth-order valence-corrected chi connectivity index (χ4v) is 3.87. The number of thiophene rings is 1. The summed E-state index contributed by atoms with van der Waals surface area (Å²) in [5, 5.41) is 6.26. The van der Waals surface area contributed by atoms with Crippen molar-refractivity contribution in [1.82, 2.24) is 0 Å². The van der Waals surface area contributed by atoms with Gasteiger partial charge in [0.1, 0.15) is 0 Å². The molecule has 0 radical (unpaired) electrons. The Morgan fingerprint density at radius 2 is 1.50 bits per heavy atom. The molecule has 0 aliphatic carbocycles. The van der Waals surface area contributed by atoms with Gasteiger partial charge in [0, 0.05) is 21.3 Å². The van der Waals surface area contributed by atoms with Gasteiger partial charge in [-0.15, -0.1) is 11.3 Å². The van der Waals surface area contributed by atoms with E-state index in [0.29, 0.717) is 5.56 Å². The molecule has 2 nitrogen and oxygen atoms in total. The van der Waals surface area contributed by atoms with Gasteiger partial charge in [-0.05, 0) is 60.7 Å². The van der Waals surface area contributed by atoms with Crippen LogP contribution in [0.3, 0.4) is 0 Å². The minimum absolute atomic E-state index is 0.0856. The van der Waals surface area contributed by atoms with Crippen molar-refractivity contribution in [3.8, 4) is 11.1 Å². The monoisotopic (exact) mass is 357 g/mol. The molecule has 0 saturated heterocycles. The summed E-state index contributed by atoms with van der Waals surface area (Å²) >= 11 is 1.66. The second kappa shape index (κ2) is 6.77. The highest BCUT2D eigenvalue weighted by Crippen LogP contribution is 2.33. The Morgan fingerprint density at radius 1 is 0.846 bits per heavy atom. The van der Waals surface area contributed by atoms with Gasteiger partial charge in [0.05, 0.1) is 0 Å². The maximum Gasteiger partial charge on any atom is 0.255 e. The smallest absolute Gasteiger partial charge is 0.255 e. The van der Waals surface area contributed by atoms with Crippen molar-refractivity contribution in [2.75, 3.05) is 5.32 Å². The van der Waals surface area contributed by atoms with E-state index in [1.807, 2.05) is 43.3 Å². The molecule has 0 unspecified atom stereocenters. The van der Waals surface area contributed by atoms with E-state index in [1.54, 1.807) is 11.3 Å². The first-order chi connectivity index (χ1) is 12.6. The Hall–Kier alpha value is -2.91. The van der Waals surface area contributed by atoms with Crippen molar-refractivity contribution in [3.05, 3.63) is 88.8 Å². The largest absolute Gasteiger partial charge is 0.322 e. The quantitative estimate of drug-likeness (QED) is 0.449.